The topological polar surface area (TPSA) is 47.6 Å². The molecule has 0 aliphatic carbocycles. The summed E-state index contributed by atoms with van der Waals surface area (Å²) in [6.07, 6.45) is 0. The van der Waals surface area contributed by atoms with E-state index in [-0.39, 0.29) is 0 Å². The van der Waals surface area contributed by atoms with Crippen LogP contribution in [0.4, 0.5) is 0 Å². The molecule has 0 bridgehead atoms. The van der Waals surface area contributed by atoms with E-state index in [2.05, 4.69) is 28.8 Å². The largest absolute Gasteiger partial charge is 0.463 e. The highest BCUT2D eigenvalue weighted by atomic mass is 16.5. The Kier molecular flexibility index (Phi) is 3.82. The first kappa shape index (κ1) is 9.58. The lowest BCUT2D eigenvalue weighted by Crippen LogP contribution is -2.10. The first-order valence-electron chi connectivity index (χ1n) is 4.23. The van der Waals surface area contributed by atoms with E-state index in [9.17, 15) is 0 Å². The van der Waals surface area contributed by atoms with Gasteiger partial charge in [-0.25, -0.2) is 4.99 Å². The molecule has 2 rings (SSSR count). The summed E-state index contributed by atoms with van der Waals surface area (Å²) in [7, 11) is 0. The second kappa shape index (κ2) is 5.19. The van der Waals surface area contributed by atoms with Crippen molar-refractivity contribution in [2.75, 3.05) is 13.2 Å². The lowest BCUT2D eigenvalue weighted by molar-refractivity contribution is 0.342. The fourth-order valence-electron chi connectivity index (χ4n) is 0.886. The third-order valence-electron chi connectivity index (χ3n) is 1.55. The Morgan fingerprint density at radius 3 is 2.23 bits per heavy atom. The van der Waals surface area contributed by atoms with E-state index in [1.807, 2.05) is 18.2 Å². The van der Waals surface area contributed by atoms with Gasteiger partial charge in [-0.2, -0.15) is 0 Å². The van der Waals surface area contributed by atoms with Crippen LogP contribution in [0.25, 0.3) is 0 Å². The van der Waals surface area contributed by atoms with E-state index >= 15 is 0 Å². The van der Waals surface area contributed by atoms with E-state index < -0.39 is 0 Å². The van der Waals surface area contributed by atoms with Crippen LogP contribution >= 0.6 is 0 Å². The molecule has 0 aromatic heterocycles. The van der Waals surface area contributed by atoms with Gasteiger partial charge in [-0.15, -0.1) is 0 Å². The van der Waals surface area contributed by atoms with Crippen LogP contribution in [0.2, 0.25) is 0 Å². The lowest BCUT2D eigenvalue weighted by Gasteiger charge is -1.86. The van der Waals surface area contributed by atoms with Crippen molar-refractivity contribution in [1.29, 1.82) is 0 Å². The molecule has 1 heterocycles. The number of aryl methyl sites for hydroxylation is 1. The van der Waals surface area contributed by atoms with Crippen LogP contribution in [0.1, 0.15) is 5.56 Å². The number of rotatable bonds is 0. The number of ether oxygens (including phenoxy) is 1. The minimum Gasteiger partial charge on any atom is -0.463 e. The normalized spacial score (nSPS) is 13.8. The van der Waals surface area contributed by atoms with Crippen LogP contribution in [0, 0.1) is 6.92 Å². The predicted molar refractivity (Wildman–Crippen MR) is 53.6 cm³/mol. The second-order valence-electron chi connectivity index (χ2n) is 2.72. The van der Waals surface area contributed by atoms with E-state index in [4.69, 9.17) is 5.73 Å². The van der Waals surface area contributed by atoms with E-state index in [0.29, 0.717) is 12.6 Å². The molecule has 1 aromatic carbocycles. The molecule has 0 saturated carbocycles. The number of hydrogen-bond acceptors (Lipinski definition) is 3. The van der Waals surface area contributed by atoms with Crippen molar-refractivity contribution in [3.63, 3.8) is 0 Å². The minimum atomic E-state index is 0.329. The molecule has 70 valence electrons. The Balaban J connectivity index is 0.000000132. The Morgan fingerprint density at radius 1 is 1.31 bits per heavy atom. The maximum Gasteiger partial charge on any atom is 0.282 e. The van der Waals surface area contributed by atoms with Crippen LogP contribution < -0.4 is 5.73 Å². The zero-order valence-electron chi connectivity index (χ0n) is 7.73. The highest BCUT2D eigenvalue weighted by molar-refractivity contribution is 5.72. The van der Waals surface area contributed by atoms with Gasteiger partial charge >= 0.3 is 0 Å². The van der Waals surface area contributed by atoms with Gasteiger partial charge in [-0.05, 0) is 6.92 Å². The summed E-state index contributed by atoms with van der Waals surface area (Å²) in [5.74, 6) is 0. The van der Waals surface area contributed by atoms with E-state index in [1.165, 1.54) is 5.56 Å². The zero-order chi connectivity index (χ0) is 9.52. The summed E-state index contributed by atoms with van der Waals surface area (Å²) >= 11 is 0. The SMILES string of the molecule is Cc1ccccc1.NC1=NCCO1. The molecule has 1 aromatic rings. The van der Waals surface area contributed by atoms with Crippen molar-refractivity contribution in [3.05, 3.63) is 35.9 Å². The molecule has 0 fully saturated rings. The molecule has 1 aliphatic rings. The molecule has 1 aliphatic heterocycles. The number of amidine groups is 1. The summed E-state index contributed by atoms with van der Waals surface area (Å²) in [5.41, 5.74) is 6.38. The molecule has 0 spiro atoms. The molecule has 0 unspecified atom stereocenters. The van der Waals surface area contributed by atoms with Gasteiger partial charge in [-0.1, -0.05) is 35.9 Å². The molecular weight excluding hydrogens is 164 g/mol. The summed E-state index contributed by atoms with van der Waals surface area (Å²) in [4.78, 5) is 3.71. The molecule has 13 heavy (non-hydrogen) atoms. The molecular formula is C10H14N2O. The fraction of sp³-hybridized carbons (Fsp3) is 0.300. The van der Waals surface area contributed by atoms with Gasteiger partial charge < -0.3 is 10.5 Å². The van der Waals surface area contributed by atoms with Crippen LogP contribution in [0.5, 0.6) is 0 Å². The zero-order valence-corrected chi connectivity index (χ0v) is 7.73. The molecule has 0 amide bonds. The third-order valence-corrected chi connectivity index (χ3v) is 1.55. The van der Waals surface area contributed by atoms with Gasteiger partial charge in [0, 0.05) is 0 Å². The first-order valence-corrected chi connectivity index (χ1v) is 4.23. The standard InChI is InChI=1S/C7H8.C3H6N2O/c1-7-5-3-2-4-6-7;4-3-5-1-2-6-3/h2-6H,1H3;1-2H2,(H2,4,5). The maximum atomic E-state index is 5.06. The van der Waals surface area contributed by atoms with Gasteiger partial charge in [0.05, 0.1) is 6.54 Å². The number of nitrogens with two attached hydrogens (primary N) is 1. The quantitative estimate of drug-likeness (QED) is 0.651. The van der Waals surface area contributed by atoms with Gasteiger partial charge in [-0.3, -0.25) is 0 Å². The highest BCUT2D eigenvalue weighted by Crippen LogP contribution is 1.92. The smallest absolute Gasteiger partial charge is 0.282 e. The average molecular weight is 178 g/mol. The van der Waals surface area contributed by atoms with E-state index in [1.54, 1.807) is 0 Å². The highest BCUT2D eigenvalue weighted by Gasteiger charge is 1.97. The maximum absolute atomic E-state index is 5.06. The Labute approximate surface area is 78.2 Å². The van der Waals surface area contributed by atoms with E-state index in [0.717, 1.165) is 6.54 Å². The Bertz CT molecular complexity index is 270. The van der Waals surface area contributed by atoms with Crippen molar-refractivity contribution in [1.82, 2.24) is 0 Å². The second-order valence-corrected chi connectivity index (χ2v) is 2.72. The molecule has 0 radical (unpaired) electrons. The molecule has 0 atom stereocenters. The van der Waals surface area contributed by atoms with Crippen molar-refractivity contribution >= 4 is 6.02 Å². The Hall–Kier alpha value is -1.51. The van der Waals surface area contributed by atoms with Crippen molar-refractivity contribution in [2.45, 2.75) is 6.92 Å². The monoisotopic (exact) mass is 178 g/mol. The van der Waals surface area contributed by atoms with Crippen LogP contribution in [0.3, 0.4) is 0 Å². The summed E-state index contributed by atoms with van der Waals surface area (Å²) in [6.45, 7) is 3.47. The van der Waals surface area contributed by atoms with Gasteiger partial charge in [0.25, 0.3) is 6.02 Å². The number of benzene rings is 1. The molecule has 3 nitrogen and oxygen atoms in total. The van der Waals surface area contributed by atoms with Gasteiger partial charge in [0.2, 0.25) is 0 Å². The van der Waals surface area contributed by atoms with Gasteiger partial charge in [0.15, 0.2) is 0 Å². The van der Waals surface area contributed by atoms with Crippen molar-refractivity contribution in [3.8, 4) is 0 Å². The Morgan fingerprint density at radius 2 is 2.00 bits per heavy atom. The first-order chi connectivity index (χ1) is 6.29. The van der Waals surface area contributed by atoms with Crippen molar-refractivity contribution in [2.24, 2.45) is 10.7 Å². The number of hydrogen-bond donors (Lipinski definition) is 1. The predicted octanol–water partition coefficient (Wildman–Crippen LogP) is 1.33. The fourth-order valence-corrected chi connectivity index (χ4v) is 0.886. The van der Waals surface area contributed by atoms with Crippen LogP contribution in [-0.4, -0.2) is 19.2 Å². The van der Waals surface area contributed by atoms with Crippen LogP contribution in [-0.2, 0) is 4.74 Å². The minimum absolute atomic E-state index is 0.329. The van der Waals surface area contributed by atoms with Gasteiger partial charge in [0.1, 0.15) is 6.61 Å². The van der Waals surface area contributed by atoms with Crippen molar-refractivity contribution < 1.29 is 4.74 Å². The molecule has 0 saturated heterocycles. The van der Waals surface area contributed by atoms with Crippen LogP contribution in [0.15, 0.2) is 35.3 Å². The lowest BCUT2D eigenvalue weighted by atomic mass is 10.2. The average Bonchev–Trinajstić information content (AvgIpc) is 2.58. The molecule has 2 N–H and O–H groups in total. The summed E-state index contributed by atoms with van der Waals surface area (Å²) in [6, 6.07) is 10.6. The third kappa shape index (κ3) is 4.15. The molecule has 3 heteroatoms. The summed E-state index contributed by atoms with van der Waals surface area (Å²) in [5, 5.41) is 0. The number of nitrogens with zero attached hydrogens (tertiary/aromatic N) is 1. The summed E-state index contributed by atoms with van der Waals surface area (Å²) < 4.78 is 4.68. The number of aliphatic imine (C=N–C) groups is 1.